The van der Waals surface area contributed by atoms with Gasteiger partial charge in [0, 0.05) is 35.9 Å². The van der Waals surface area contributed by atoms with Crippen molar-refractivity contribution in [2.75, 3.05) is 18.5 Å². The summed E-state index contributed by atoms with van der Waals surface area (Å²) in [6, 6.07) is 6.93. The Morgan fingerprint density at radius 3 is 2.68 bits per heavy atom. The highest BCUT2D eigenvalue weighted by Gasteiger charge is 2.20. The molecular formula is C16H25ClN2. The fourth-order valence-corrected chi connectivity index (χ4v) is 3.20. The van der Waals surface area contributed by atoms with Crippen molar-refractivity contribution >= 4 is 17.3 Å². The zero-order valence-corrected chi connectivity index (χ0v) is 12.8. The number of nitrogens with zero attached hydrogens (tertiary/aromatic N) is 1. The molecule has 0 aliphatic heterocycles. The minimum absolute atomic E-state index is 0.674. The molecule has 1 aliphatic carbocycles. The van der Waals surface area contributed by atoms with Gasteiger partial charge in [0.15, 0.2) is 0 Å². The molecule has 19 heavy (non-hydrogen) atoms. The first-order valence-electron chi connectivity index (χ1n) is 7.45. The Labute approximate surface area is 122 Å². The van der Waals surface area contributed by atoms with Crippen LogP contribution in [-0.4, -0.2) is 19.6 Å². The van der Waals surface area contributed by atoms with Crippen LogP contribution in [0.3, 0.4) is 0 Å². The Balaban J connectivity index is 2.19. The van der Waals surface area contributed by atoms with Crippen LogP contribution in [0.1, 0.15) is 44.6 Å². The number of benzene rings is 1. The van der Waals surface area contributed by atoms with E-state index in [2.05, 4.69) is 36.3 Å². The van der Waals surface area contributed by atoms with Crippen molar-refractivity contribution in [2.24, 2.45) is 0 Å². The van der Waals surface area contributed by atoms with Crippen LogP contribution in [0.4, 0.5) is 5.69 Å². The van der Waals surface area contributed by atoms with Crippen LogP contribution in [0.5, 0.6) is 0 Å². The summed E-state index contributed by atoms with van der Waals surface area (Å²) in [6.07, 6.45) is 6.73. The van der Waals surface area contributed by atoms with Gasteiger partial charge in [-0.1, -0.05) is 43.9 Å². The van der Waals surface area contributed by atoms with Gasteiger partial charge < -0.3 is 10.2 Å². The van der Waals surface area contributed by atoms with E-state index in [1.807, 2.05) is 6.07 Å². The van der Waals surface area contributed by atoms with Crippen LogP contribution in [0.2, 0.25) is 5.02 Å². The molecule has 0 heterocycles. The third-order valence-corrected chi connectivity index (χ3v) is 4.50. The van der Waals surface area contributed by atoms with Gasteiger partial charge >= 0.3 is 0 Å². The van der Waals surface area contributed by atoms with Crippen molar-refractivity contribution in [2.45, 2.75) is 51.6 Å². The molecule has 1 saturated carbocycles. The van der Waals surface area contributed by atoms with Crippen molar-refractivity contribution in [1.82, 2.24) is 5.32 Å². The number of nitrogens with one attached hydrogen (secondary N) is 1. The Morgan fingerprint density at radius 2 is 2.00 bits per heavy atom. The van der Waals surface area contributed by atoms with E-state index in [0.717, 1.165) is 18.1 Å². The van der Waals surface area contributed by atoms with E-state index < -0.39 is 0 Å². The van der Waals surface area contributed by atoms with E-state index in [9.17, 15) is 0 Å². The number of hydrogen-bond donors (Lipinski definition) is 1. The Morgan fingerprint density at radius 1 is 1.26 bits per heavy atom. The molecule has 106 valence electrons. The van der Waals surface area contributed by atoms with E-state index in [0.29, 0.717) is 6.04 Å². The standard InChI is InChI=1S/C16H25ClN2/c1-3-18-12-14-15(17)10-7-11-16(14)19(2)13-8-5-4-6-9-13/h7,10-11,13,18H,3-6,8-9,12H2,1-2H3. The normalized spacial score (nSPS) is 16.6. The van der Waals surface area contributed by atoms with Gasteiger partial charge in [-0.25, -0.2) is 0 Å². The molecule has 1 fully saturated rings. The van der Waals surface area contributed by atoms with Gasteiger partial charge in [0.2, 0.25) is 0 Å². The Kier molecular flexibility index (Phi) is 5.53. The maximum absolute atomic E-state index is 6.38. The smallest absolute Gasteiger partial charge is 0.0471 e. The van der Waals surface area contributed by atoms with Gasteiger partial charge in [-0.2, -0.15) is 0 Å². The van der Waals surface area contributed by atoms with E-state index in [1.54, 1.807) is 0 Å². The molecule has 2 rings (SSSR count). The van der Waals surface area contributed by atoms with Crippen LogP contribution in [0.25, 0.3) is 0 Å². The Bertz CT molecular complexity index is 400. The first-order chi connectivity index (χ1) is 9.24. The van der Waals surface area contributed by atoms with E-state index in [-0.39, 0.29) is 0 Å². The summed E-state index contributed by atoms with van der Waals surface area (Å²) in [5, 5.41) is 4.27. The molecule has 1 N–H and O–H groups in total. The first-order valence-corrected chi connectivity index (χ1v) is 7.82. The second-order valence-corrected chi connectivity index (χ2v) is 5.83. The topological polar surface area (TPSA) is 15.3 Å². The Hall–Kier alpha value is -0.730. The average molecular weight is 281 g/mol. The first kappa shape index (κ1) is 14.7. The summed E-state index contributed by atoms with van der Waals surface area (Å²) in [6.45, 7) is 3.95. The molecular weight excluding hydrogens is 256 g/mol. The molecule has 0 spiro atoms. The largest absolute Gasteiger partial charge is 0.371 e. The van der Waals surface area contributed by atoms with Crippen molar-refractivity contribution in [3.63, 3.8) is 0 Å². The fraction of sp³-hybridized carbons (Fsp3) is 0.625. The van der Waals surface area contributed by atoms with Crippen molar-refractivity contribution in [3.8, 4) is 0 Å². The number of anilines is 1. The molecule has 1 aromatic rings. The van der Waals surface area contributed by atoms with Crippen molar-refractivity contribution in [1.29, 1.82) is 0 Å². The van der Waals surface area contributed by atoms with Gasteiger partial charge in [-0.15, -0.1) is 0 Å². The summed E-state index contributed by atoms with van der Waals surface area (Å²) in [4.78, 5) is 2.44. The zero-order valence-electron chi connectivity index (χ0n) is 12.1. The summed E-state index contributed by atoms with van der Waals surface area (Å²) in [5.41, 5.74) is 2.53. The molecule has 0 radical (unpaired) electrons. The maximum atomic E-state index is 6.38. The van der Waals surface area contributed by atoms with Gasteiger partial charge in [0.05, 0.1) is 0 Å². The molecule has 0 atom stereocenters. The molecule has 0 bridgehead atoms. The molecule has 1 aliphatic rings. The zero-order chi connectivity index (χ0) is 13.7. The van der Waals surface area contributed by atoms with Gasteiger partial charge in [0.1, 0.15) is 0 Å². The lowest BCUT2D eigenvalue weighted by atomic mass is 9.94. The second kappa shape index (κ2) is 7.16. The molecule has 3 heteroatoms. The van der Waals surface area contributed by atoms with E-state index >= 15 is 0 Å². The summed E-state index contributed by atoms with van der Waals surface area (Å²) < 4.78 is 0. The van der Waals surface area contributed by atoms with Crippen molar-refractivity contribution < 1.29 is 0 Å². The van der Waals surface area contributed by atoms with Crippen LogP contribution in [0, 0.1) is 0 Å². The fourth-order valence-electron chi connectivity index (χ4n) is 2.97. The molecule has 2 nitrogen and oxygen atoms in total. The molecule has 0 amide bonds. The summed E-state index contributed by atoms with van der Waals surface area (Å²) >= 11 is 6.38. The molecule has 0 saturated heterocycles. The molecule has 0 unspecified atom stereocenters. The van der Waals surface area contributed by atoms with Crippen LogP contribution in [0.15, 0.2) is 18.2 Å². The number of hydrogen-bond acceptors (Lipinski definition) is 2. The predicted molar refractivity (Wildman–Crippen MR) is 84.1 cm³/mol. The highest BCUT2D eigenvalue weighted by Crippen LogP contribution is 2.31. The van der Waals surface area contributed by atoms with Crippen LogP contribution in [-0.2, 0) is 6.54 Å². The van der Waals surface area contributed by atoms with Crippen LogP contribution < -0.4 is 10.2 Å². The number of rotatable bonds is 5. The molecule has 1 aromatic carbocycles. The van der Waals surface area contributed by atoms with Crippen LogP contribution >= 0.6 is 11.6 Å². The lowest BCUT2D eigenvalue weighted by Gasteiger charge is -2.34. The minimum atomic E-state index is 0.674. The lowest BCUT2D eigenvalue weighted by molar-refractivity contribution is 0.427. The maximum Gasteiger partial charge on any atom is 0.0471 e. The summed E-state index contributed by atoms with van der Waals surface area (Å²) in [5.74, 6) is 0. The van der Waals surface area contributed by atoms with Gasteiger partial charge in [-0.05, 0) is 31.5 Å². The van der Waals surface area contributed by atoms with E-state index in [4.69, 9.17) is 11.6 Å². The monoisotopic (exact) mass is 280 g/mol. The van der Waals surface area contributed by atoms with Gasteiger partial charge in [-0.3, -0.25) is 0 Å². The number of halogens is 1. The SMILES string of the molecule is CCNCc1c(Cl)cccc1N(C)C1CCCCC1. The highest BCUT2D eigenvalue weighted by atomic mass is 35.5. The van der Waals surface area contributed by atoms with Gasteiger partial charge in [0.25, 0.3) is 0 Å². The average Bonchev–Trinajstić information content (AvgIpc) is 2.46. The predicted octanol–water partition coefficient (Wildman–Crippen LogP) is 4.22. The second-order valence-electron chi connectivity index (χ2n) is 5.42. The summed E-state index contributed by atoms with van der Waals surface area (Å²) in [7, 11) is 2.22. The lowest BCUT2D eigenvalue weighted by Crippen LogP contribution is -2.34. The minimum Gasteiger partial charge on any atom is -0.371 e. The van der Waals surface area contributed by atoms with E-state index in [1.165, 1.54) is 43.4 Å². The third-order valence-electron chi connectivity index (χ3n) is 4.15. The molecule has 0 aromatic heterocycles. The third kappa shape index (κ3) is 3.64. The highest BCUT2D eigenvalue weighted by molar-refractivity contribution is 6.31. The van der Waals surface area contributed by atoms with Crippen molar-refractivity contribution in [3.05, 3.63) is 28.8 Å². The quantitative estimate of drug-likeness (QED) is 0.869.